The molecule has 8 heteroatoms. The van der Waals surface area contributed by atoms with E-state index in [0.717, 1.165) is 11.3 Å². The van der Waals surface area contributed by atoms with Crippen LogP contribution in [0.5, 0.6) is 0 Å². The molecule has 0 saturated heterocycles. The lowest BCUT2D eigenvalue weighted by Crippen LogP contribution is -2.23. The van der Waals surface area contributed by atoms with Gasteiger partial charge in [0.05, 0.1) is 22.8 Å². The highest BCUT2D eigenvalue weighted by Crippen LogP contribution is 2.20. The van der Waals surface area contributed by atoms with Gasteiger partial charge in [-0.1, -0.05) is 47.1 Å². The lowest BCUT2D eigenvalue weighted by molar-refractivity contribution is 0.0946. The van der Waals surface area contributed by atoms with Crippen LogP contribution in [0.25, 0.3) is 5.69 Å². The third kappa shape index (κ3) is 4.10. The third-order valence-corrected chi connectivity index (χ3v) is 4.41. The summed E-state index contributed by atoms with van der Waals surface area (Å²) in [6.45, 7) is 0.114. The predicted molar refractivity (Wildman–Crippen MR) is 103 cm³/mol. The SMILES string of the molecule is O=C(NCc1nc(Cc2ccccc2)no1)c1cc(-n2cccn2)ccc1Cl. The van der Waals surface area contributed by atoms with Crippen molar-refractivity contribution in [2.45, 2.75) is 13.0 Å². The van der Waals surface area contributed by atoms with Gasteiger partial charge in [0.25, 0.3) is 5.91 Å². The molecular formula is C20H16ClN5O2. The van der Waals surface area contributed by atoms with Crippen LogP contribution < -0.4 is 5.32 Å². The average molecular weight is 394 g/mol. The quantitative estimate of drug-likeness (QED) is 0.542. The largest absolute Gasteiger partial charge is 0.343 e. The Labute approximate surface area is 166 Å². The number of hydrogen-bond donors (Lipinski definition) is 1. The van der Waals surface area contributed by atoms with Gasteiger partial charge in [-0.2, -0.15) is 10.1 Å². The number of aromatic nitrogens is 4. The monoisotopic (exact) mass is 393 g/mol. The van der Waals surface area contributed by atoms with Crippen LogP contribution in [0.4, 0.5) is 0 Å². The van der Waals surface area contributed by atoms with Crippen LogP contribution in [0.15, 0.2) is 71.5 Å². The minimum absolute atomic E-state index is 0.114. The normalized spacial score (nSPS) is 10.8. The van der Waals surface area contributed by atoms with E-state index in [1.807, 2.05) is 30.3 Å². The van der Waals surface area contributed by atoms with E-state index in [2.05, 4.69) is 20.6 Å². The molecule has 7 nitrogen and oxygen atoms in total. The van der Waals surface area contributed by atoms with Crippen LogP contribution in [0.2, 0.25) is 5.02 Å². The molecule has 0 aliphatic heterocycles. The first-order chi connectivity index (χ1) is 13.7. The Balaban J connectivity index is 1.42. The van der Waals surface area contributed by atoms with E-state index in [0.29, 0.717) is 28.7 Å². The number of amides is 1. The number of nitrogens with zero attached hydrogens (tertiary/aromatic N) is 4. The van der Waals surface area contributed by atoms with E-state index < -0.39 is 0 Å². The fraction of sp³-hybridized carbons (Fsp3) is 0.100. The van der Waals surface area contributed by atoms with E-state index >= 15 is 0 Å². The molecule has 0 aliphatic carbocycles. The number of benzene rings is 2. The molecule has 0 bridgehead atoms. The van der Waals surface area contributed by atoms with Gasteiger partial charge in [0.15, 0.2) is 5.82 Å². The van der Waals surface area contributed by atoms with Crippen molar-refractivity contribution in [3.05, 3.63) is 94.9 Å². The van der Waals surface area contributed by atoms with Crippen LogP contribution in [0, 0.1) is 0 Å². The molecule has 2 aromatic carbocycles. The molecule has 4 rings (SSSR count). The van der Waals surface area contributed by atoms with Crippen molar-refractivity contribution >= 4 is 17.5 Å². The Morgan fingerprint density at radius 3 is 2.79 bits per heavy atom. The van der Waals surface area contributed by atoms with Gasteiger partial charge in [-0.15, -0.1) is 0 Å². The molecule has 28 heavy (non-hydrogen) atoms. The van der Waals surface area contributed by atoms with Crippen molar-refractivity contribution in [1.29, 1.82) is 0 Å². The topological polar surface area (TPSA) is 85.8 Å². The van der Waals surface area contributed by atoms with E-state index in [4.69, 9.17) is 16.1 Å². The molecule has 0 unspecified atom stereocenters. The van der Waals surface area contributed by atoms with Crippen molar-refractivity contribution in [3.8, 4) is 5.69 Å². The third-order valence-electron chi connectivity index (χ3n) is 4.08. The standard InChI is InChI=1S/C20H16ClN5O2/c21-17-8-7-15(26-10-4-9-23-26)12-16(17)20(27)22-13-19-24-18(25-28-19)11-14-5-2-1-3-6-14/h1-10,12H,11,13H2,(H,22,27). The molecule has 4 aromatic rings. The summed E-state index contributed by atoms with van der Waals surface area (Å²) in [6, 6.07) is 16.8. The zero-order chi connectivity index (χ0) is 19.3. The first kappa shape index (κ1) is 17.9. The Morgan fingerprint density at radius 2 is 2.00 bits per heavy atom. The number of halogens is 1. The number of nitrogens with one attached hydrogen (secondary N) is 1. The Morgan fingerprint density at radius 1 is 1.14 bits per heavy atom. The summed E-state index contributed by atoms with van der Waals surface area (Å²) in [5, 5.41) is 11.2. The molecule has 0 fully saturated rings. The summed E-state index contributed by atoms with van der Waals surface area (Å²) in [5.41, 5.74) is 2.17. The minimum Gasteiger partial charge on any atom is -0.343 e. The van der Waals surface area contributed by atoms with E-state index in [1.54, 1.807) is 41.3 Å². The first-order valence-corrected chi connectivity index (χ1v) is 9.00. The second-order valence-corrected chi connectivity index (χ2v) is 6.47. The van der Waals surface area contributed by atoms with Gasteiger partial charge < -0.3 is 9.84 Å². The molecule has 0 spiro atoms. The summed E-state index contributed by atoms with van der Waals surface area (Å²) < 4.78 is 6.87. The number of hydrogen-bond acceptors (Lipinski definition) is 5. The van der Waals surface area contributed by atoms with Crippen LogP contribution in [-0.4, -0.2) is 25.8 Å². The second-order valence-electron chi connectivity index (χ2n) is 6.06. The maximum absolute atomic E-state index is 12.5. The van der Waals surface area contributed by atoms with E-state index in [-0.39, 0.29) is 12.5 Å². The molecule has 2 heterocycles. The molecule has 1 amide bonds. The molecular weight excluding hydrogens is 378 g/mol. The van der Waals surface area contributed by atoms with Crippen molar-refractivity contribution in [3.63, 3.8) is 0 Å². The second kappa shape index (κ2) is 8.06. The van der Waals surface area contributed by atoms with Gasteiger partial charge in [0.2, 0.25) is 5.89 Å². The number of carbonyl (C=O) groups excluding carboxylic acids is 1. The highest BCUT2D eigenvalue weighted by Gasteiger charge is 2.14. The number of carbonyl (C=O) groups is 1. The van der Waals surface area contributed by atoms with Gasteiger partial charge in [0.1, 0.15) is 0 Å². The molecule has 1 N–H and O–H groups in total. The summed E-state index contributed by atoms with van der Waals surface area (Å²) in [6.07, 6.45) is 4.02. The average Bonchev–Trinajstić information content (AvgIpc) is 3.40. The molecule has 2 aromatic heterocycles. The maximum atomic E-state index is 12.5. The van der Waals surface area contributed by atoms with Gasteiger partial charge >= 0.3 is 0 Å². The van der Waals surface area contributed by atoms with Crippen LogP contribution in [0.3, 0.4) is 0 Å². The Kier molecular flexibility index (Phi) is 5.16. The predicted octanol–water partition coefficient (Wildman–Crippen LogP) is 3.43. The lowest BCUT2D eigenvalue weighted by atomic mass is 10.1. The number of rotatable bonds is 6. The highest BCUT2D eigenvalue weighted by molar-refractivity contribution is 6.33. The summed E-state index contributed by atoms with van der Waals surface area (Å²) in [5.74, 6) is 0.564. The van der Waals surface area contributed by atoms with Gasteiger partial charge in [-0.3, -0.25) is 4.79 Å². The van der Waals surface area contributed by atoms with Crippen molar-refractivity contribution in [2.24, 2.45) is 0 Å². The zero-order valence-electron chi connectivity index (χ0n) is 14.7. The Hall–Kier alpha value is -3.45. The van der Waals surface area contributed by atoms with Gasteiger partial charge in [0, 0.05) is 18.8 Å². The van der Waals surface area contributed by atoms with Crippen molar-refractivity contribution in [2.75, 3.05) is 0 Å². The van der Waals surface area contributed by atoms with Crippen LogP contribution in [0.1, 0.15) is 27.6 Å². The van der Waals surface area contributed by atoms with Crippen LogP contribution >= 0.6 is 11.6 Å². The summed E-state index contributed by atoms with van der Waals surface area (Å²) in [4.78, 5) is 16.9. The highest BCUT2D eigenvalue weighted by atomic mass is 35.5. The lowest BCUT2D eigenvalue weighted by Gasteiger charge is -2.08. The van der Waals surface area contributed by atoms with Gasteiger partial charge in [-0.05, 0) is 29.8 Å². The van der Waals surface area contributed by atoms with Crippen molar-refractivity contribution < 1.29 is 9.32 Å². The molecule has 140 valence electrons. The molecule has 0 aliphatic rings. The fourth-order valence-electron chi connectivity index (χ4n) is 2.71. The van der Waals surface area contributed by atoms with E-state index in [9.17, 15) is 4.79 Å². The fourth-order valence-corrected chi connectivity index (χ4v) is 2.92. The van der Waals surface area contributed by atoms with E-state index in [1.165, 1.54) is 0 Å². The summed E-state index contributed by atoms with van der Waals surface area (Å²) >= 11 is 6.19. The van der Waals surface area contributed by atoms with Crippen molar-refractivity contribution in [1.82, 2.24) is 25.2 Å². The first-order valence-electron chi connectivity index (χ1n) is 8.62. The Bertz CT molecular complexity index is 1080. The van der Waals surface area contributed by atoms with Gasteiger partial charge in [-0.25, -0.2) is 4.68 Å². The summed E-state index contributed by atoms with van der Waals surface area (Å²) in [7, 11) is 0. The minimum atomic E-state index is -0.332. The van der Waals surface area contributed by atoms with Crippen LogP contribution in [-0.2, 0) is 13.0 Å². The zero-order valence-corrected chi connectivity index (χ0v) is 15.5. The molecule has 0 radical (unpaired) electrons. The smallest absolute Gasteiger partial charge is 0.253 e. The molecule has 0 saturated carbocycles. The maximum Gasteiger partial charge on any atom is 0.253 e. The molecule has 0 atom stereocenters.